The zero-order chi connectivity index (χ0) is 6.69. The minimum atomic E-state index is 0. The highest BCUT2D eigenvalue weighted by Crippen LogP contribution is 2.03. The van der Waals surface area contributed by atoms with Crippen LogP contribution >= 0.6 is 17.0 Å². The van der Waals surface area contributed by atoms with Crippen LogP contribution < -0.4 is 0 Å². The Balaban J connectivity index is 0.000000810. The highest BCUT2D eigenvalue weighted by Gasteiger charge is 1.90. The normalized spacial score (nSPS) is 8.60. The fourth-order valence-electron chi connectivity index (χ4n) is 0.899. The van der Waals surface area contributed by atoms with Gasteiger partial charge in [0.1, 0.15) is 0 Å². The van der Waals surface area contributed by atoms with E-state index in [4.69, 9.17) is 0 Å². The highest BCUT2D eigenvalue weighted by atomic mass is 79.9. The van der Waals surface area contributed by atoms with Crippen molar-refractivity contribution in [2.75, 3.05) is 0 Å². The van der Waals surface area contributed by atoms with Gasteiger partial charge < -0.3 is 0 Å². The fraction of sp³-hybridized carbons (Fsp3) is 0.375. The minimum Gasteiger partial charge on any atom is -0.264 e. The third-order valence-corrected chi connectivity index (χ3v) is 1.52. The molecule has 0 aliphatic rings. The number of hydrogen-bond acceptors (Lipinski definition) is 1. The lowest BCUT2D eigenvalue weighted by atomic mass is 10.1. The summed E-state index contributed by atoms with van der Waals surface area (Å²) in [5, 5.41) is 0. The van der Waals surface area contributed by atoms with E-state index < -0.39 is 0 Å². The standard InChI is InChI=1S/C8H11N.BrH/c1-3-8-4-5-9-6-7(8)2;/h4-6H,3H2,1-2H3;1H. The summed E-state index contributed by atoms with van der Waals surface area (Å²) >= 11 is 0. The fourth-order valence-corrected chi connectivity index (χ4v) is 0.899. The van der Waals surface area contributed by atoms with Gasteiger partial charge in [-0.1, -0.05) is 6.92 Å². The first kappa shape index (κ1) is 9.63. The van der Waals surface area contributed by atoms with E-state index in [0.29, 0.717) is 0 Å². The lowest BCUT2D eigenvalue weighted by Crippen LogP contribution is -1.85. The van der Waals surface area contributed by atoms with Crippen LogP contribution in [-0.2, 0) is 6.42 Å². The molecule has 2 heteroatoms. The predicted octanol–water partition coefficient (Wildman–Crippen LogP) is 2.53. The maximum absolute atomic E-state index is 3.99. The molecule has 1 nitrogen and oxygen atoms in total. The Hall–Kier alpha value is -0.370. The molecule has 0 fully saturated rings. The van der Waals surface area contributed by atoms with Crippen molar-refractivity contribution in [3.63, 3.8) is 0 Å². The zero-order valence-electron chi connectivity index (χ0n) is 6.29. The smallest absolute Gasteiger partial charge is 0.0299 e. The molecule has 0 bridgehead atoms. The average Bonchev–Trinajstić information content (AvgIpc) is 1.89. The van der Waals surface area contributed by atoms with Crippen molar-refractivity contribution in [2.45, 2.75) is 20.3 Å². The number of aromatic nitrogens is 1. The molecule has 1 aromatic rings. The van der Waals surface area contributed by atoms with E-state index >= 15 is 0 Å². The monoisotopic (exact) mass is 201 g/mol. The number of aryl methyl sites for hydroxylation is 2. The van der Waals surface area contributed by atoms with Crippen LogP contribution in [0.15, 0.2) is 18.5 Å². The Morgan fingerprint density at radius 3 is 2.60 bits per heavy atom. The van der Waals surface area contributed by atoms with Crippen molar-refractivity contribution in [1.29, 1.82) is 0 Å². The molecule has 0 atom stereocenters. The molecular weight excluding hydrogens is 190 g/mol. The van der Waals surface area contributed by atoms with Gasteiger partial charge in [-0.15, -0.1) is 17.0 Å². The highest BCUT2D eigenvalue weighted by molar-refractivity contribution is 8.93. The molecule has 1 heterocycles. The lowest BCUT2D eigenvalue weighted by Gasteiger charge is -1.97. The van der Waals surface area contributed by atoms with Crippen LogP contribution in [0, 0.1) is 6.92 Å². The van der Waals surface area contributed by atoms with Gasteiger partial charge in [-0.2, -0.15) is 0 Å². The third-order valence-electron chi connectivity index (χ3n) is 1.52. The summed E-state index contributed by atoms with van der Waals surface area (Å²) in [5.41, 5.74) is 2.69. The van der Waals surface area contributed by atoms with Gasteiger partial charge in [0.2, 0.25) is 0 Å². The van der Waals surface area contributed by atoms with Gasteiger partial charge in [-0.05, 0) is 30.5 Å². The molecule has 56 valence electrons. The first-order valence-corrected chi connectivity index (χ1v) is 3.24. The molecule has 0 spiro atoms. The van der Waals surface area contributed by atoms with Gasteiger partial charge in [-0.3, -0.25) is 4.98 Å². The molecular formula is C8H12BrN. The largest absolute Gasteiger partial charge is 0.264 e. The van der Waals surface area contributed by atoms with Crippen molar-refractivity contribution in [2.24, 2.45) is 0 Å². The molecule has 0 saturated carbocycles. The molecule has 1 rings (SSSR count). The van der Waals surface area contributed by atoms with Crippen molar-refractivity contribution < 1.29 is 0 Å². The topological polar surface area (TPSA) is 12.9 Å². The molecule has 0 amide bonds. The Morgan fingerprint density at radius 1 is 1.50 bits per heavy atom. The predicted molar refractivity (Wildman–Crippen MR) is 48.7 cm³/mol. The lowest BCUT2D eigenvalue weighted by molar-refractivity contribution is 1.08. The Bertz CT molecular complexity index is 198. The van der Waals surface area contributed by atoms with Gasteiger partial charge in [-0.25, -0.2) is 0 Å². The first-order chi connectivity index (χ1) is 4.34. The van der Waals surface area contributed by atoms with Gasteiger partial charge in [0, 0.05) is 12.4 Å². The van der Waals surface area contributed by atoms with Gasteiger partial charge in [0.05, 0.1) is 0 Å². The number of nitrogens with zero attached hydrogens (tertiary/aromatic N) is 1. The van der Waals surface area contributed by atoms with Crippen LogP contribution in [0.3, 0.4) is 0 Å². The summed E-state index contributed by atoms with van der Waals surface area (Å²) in [4.78, 5) is 3.99. The maximum Gasteiger partial charge on any atom is 0.0299 e. The van der Waals surface area contributed by atoms with Crippen LogP contribution in [0.1, 0.15) is 18.1 Å². The van der Waals surface area contributed by atoms with Crippen LogP contribution in [-0.4, -0.2) is 4.98 Å². The summed E-state index contributed by atoms with van der Waals surface area (Å²) in [6.07, 6.45) is 4.85. The van der Waals surface area contributed by atoms with Gasteiger partial charge >= 0.3 is 0 Å². The second-order valence-electron chi connectivity index (χ2n) is 2.16. The van der Waals surface area contributed by atoms with E-state index in [1.54, 1.807) is 0 Å². The molecule has 1 aromatic heterocycles. The van der Waals surface area contributed by atoms with E-state index in [9.17, 15) is 0 Å². The van der Waals surface area contributed by atoms with E-state index in [1.807, 2.05) is 12.4 Å². The average molecular weight is 202 g/mol. The first-order valence-electron chi connectivity index (χ1n) is 3.24. The van der Waals surface area contributed by atoms with Crippen molar-refractivity contribution >= 4 is 17.0 Å². The minimum absolute atomic E-state index is 0. The Morgan fingerprint density at radius 2 is 2.20 bits per heavy atom. The Labute approximate surface area is 72.3 Å². The third kappa shape index (κ3) is 2.10. The quantitative estimate of drug-likeness (QED) is 0.681. The van der Waals surface area contributed by atoms with E-state index in [1.165, 1.54) is 11.1 Å². The molecule has 0 aromatic carbocycles. The second-order valence-corrected chi connectivity index (χ2v) is 2.16. The molecule has 0 saturated heterocycles. The number of hydrogen-bond donors (Lipinski definition) is 0. The van der Waals surface area contributed by atoms with Crippen LogP contribution in [0.2, 0.25) is 0 Å². The summed E-state index contributed by atoms with van der Waals surface area (Å²) in [5.74, 6) is 0. The Kier molecular flexibility index (Phi) is 4.28. The number of pyridine rings is 1. The molecule has 0 aliphatic carbocycles. The van der Waals surface area contributed by atoms with Crippen LogP contribution in [0.4, 0.5) is 0 Å². The van der Waals surface area contributed by atoms with Gasteiger partial charge in [0.15, 0.2) is 0 Å². The van der Waals surface area contributed by atoms with Gasteiger partial charge in [0.25, 0.3) is 0 Å². The van der Waals surface area contributed by atoms with E-state index in [0.717, 1.165) is 6.42 Å². The van der Waals surface area contributed by atoms with Crippen LogP contribution in [0.5, 0.6) is 0 Å². The molecule has 0 radical (unpaired) electrons. The van der Waals surface area contributed by atoms with Crippen molar-refractivity contribution in [3.8, 4) is 0 Å². The van der Waals surface area contributed by atoms with Crippen LogP contribution in [0.25, 0.3) is 0 Å². The SMILES string of the molecule is Br.CCc1ccncc1C. The number of rotatable bonds is 1. The molecule has 0 unspecified atom stereocenters. The second kappa shape index (κ2) is 4.45. The van der Waals surface area contributed by atoms with Crippen molar-refractivity contribution in [3.05, 3.63) is 29.6 Å². The van der Waals surface area contributed by atoms with E-state index in [-0.39, 0.29) is 17.0 Å². The summed E-state index contributed by atoms with van der Waals surface area (Å²) in [6, 6.07) is 2.06. The maximum atomic E-state index is 3.99. The summed E-state index contributed by atoms with van der Waals surface area (Å²) in [7, 11) is 0. The molecule has 10 heavy (non-hydrogen) atoms. The van der Waals surface area contributed by atoms with Crippen molar-refractivity contribution in [1.82, 2.24) is 4.98 Å². The van der Waals surface area contributed by atoms with E-state index in [2.05, 4.69) is 24.9 Å². The number of halogens is 1. The zero-order valence-corrected chi connectivity index (χ0v) is 8.01. The molecule has 0 N–H and O–H groups in total. The summed E-state index contributed by atoms with van der Waals surface area (Å²) in [6.45, 7) is 4.24. The molecule has 0 aliphatic heterocycles. The summed E-state index contributed by atoms with van der Waals surface area (Å²) < 4.78 is 0.